The second-order valence-electron chi connectivity index (χ2n) is 7.58. The lowest BCUT2D eigenvalue weighted by molar-refractivity contribution is 0.0919. The molecule has 0 radical (unpaired) electrons. The van der Waals surface area contributed by atoms with Crippen LogP contribution in [-0.4, -0.2) is 34.6 Å². The molecule has 2 aliphatic heterocycles. The van der Waals surface area contributed by atoms with Gasteiger partial charge in [-0.05, 0) is 44.2 Å². The summed E-state index contributed by atoms with van der Waals surface area (Å²) in [5.41, 5.74) is 0.795. The lowest BCUT2D eigenvalue weighted by Crippen LogP contribution is -2.50. The Bertz CT molecular complexity index is 907. The van der Waals surface area contributed by atoms with Crippen LogP contribution in [0.15, 0.2) is 4.79 Å². The number of halogens is 1. The summed E-state index contributed by atoms with van der Waals surface area (Å²) in [6.07, 6.45) is 5.13. The molecule has 8 heteroatoms. The van der Waals surface area contributed by atoms with Gasteiger partial charge < -0.3 is 10.6 Å². The van der Waals surface area contributed by atoms with Crippen molar-refractivity contribution in [1.82, 2.24) is 20.2 Å². The van der Waals surface area contributed by atoms with E-state index in [4.69, 9.17) is 4.98 Å². The first-order chi connectivity index (χ1) is 12.6. The van der Waals surface area contributed by atoms with Crippen LogP contribution in [-0.2, 0) is 13.0 Å². The van der Waals surface area contributed by atoms with Gasteiger partial charge in [0.2, 0.25) is 0 Å². The minimum atomic E-state index is -0.0781. The van der Waals surface area contributed by atoms with E-state index >= 15 is 0 Å². The molecule has 6 nitrogen and oxygen atoms in total. The van der Waals surface area contributed by atoms with E-state index in [0.717, 1.165) is 63.1 Å². The number of fused-ring (bicyclic) bond motifs is 2. The van der Waals surface area contributed by atoms with Crippen LogP contribution in [0.25, 0.3) is 10.2 Å². The van der Waals surface area contributed by atoms with Crippen LogP contribution in [0.5, 0.6) is 0 Å². The SMILES string of the molecule is Cc1c(C(=O)NC2CNCCC2C)sc2nc3n(c(=O)c12)CCCCC3.Cl. The van der Waals surface area contributed by atoms with Crippen molar-refractivity contribution in [3.63, 3.8) is 0 Å². The normalized spacial score (nSPS) is 22.6. The van der Waals surface area contributed by atoms with Gasteiger partial charge in [-0.1, -0.05) is 13.3 Å². The molecule has 2 N–H and O–H groups in total. The number of hydrogen-bond acceptors (Lipinski definition) is 5. The zero-order valence-electron chi connectivity index (χ0n) is 15.8. The predicted molar refractivity (Wildman–Crippen MR) is 111 cm³/mol. The number of nitrogens with one attached hydrogen (secondary N) is 2. The third kappa shape index (κ3) is 3.77. The highest BCUT2D eigenvalue weighted by Crippen LogP contribution is 2.28. The van der Waals surface area contributed by atoms with Gasteiger partial charge in [-0.3, -0.25) is 14.2 Å². The number of piperidine rings is 1. The van der Waals surface area contributed by atoms with E-state index in [2.05, 4.69) is 17.6 Å². The molecule has 2 unspecified atom stereocenters. The molecule has 1 amide bonds. The van der Waals surface area contributed by atoms with Gasteiger partial charge in [-0.25, -0.2) is 4.98 Å². The molecule has 0 bridgehead atoms. The number of carbonyl (C=O) groups excluding carboxylic acids is 1. The van der Waals surface area contributed by atoms with E-state index in [1.165, 1.54) is 11.3 Å². The monoisotopic (exact) mass is 410 g/mol. The maximum Gasteiger partial charge on any atom is 0.262 e. The van der Waals surface area contributed by atoms with E-state index < -0.39 is 0 Å². The summed E-state index contributed by atoms with van der Waals surface area (Å²) in [5, 5.41) is 7.12. The number of aryl methyl sites for hydroxylation is 2. The number of hydrogen-bond donors (Lipinski definition) is 2. The minimum Gasteiger partial charge on any atom is -0.347 e. The minimum absolute atomic E-state index is 0. The van der Waals surface area contributed by atoms with Crippen molar-refractivity contribution in [2.45, 2.75) is 58.5 Å². The summed E-state index contributed by atoms with van der Waals surface area (Å²) >= 11 is 1.36. The molecule has 0 aliphatic carbocycles. The molecule has 4 rings (SSSR count). The van der Waals surface area contributed by atoms with Crippen molar-refractivity contribution in [3.05, 3.63) is 26.6 Å². The van der Waals surface area contributed by atoms with Gasteiger partial charge in [0, 0.05) is 25.6 Å². The van der Waals surface area contributed by atoms with E-state index in [-0.39, 0.29) is 29.9 Å². The standard InChI is InChI=1S/C19H26N4O2S.ClH/c1-11-7-8-20-10-13(11)21-17(24)16-12(2)15-18(26-16)22-14-6-4-3-5-9-23(14)19(15)25;/h11,13,20H,3-10H2,1-2H3,(H,21,24);1H. The topological polar surface area (TPSA) is 76.0 Å². The molecule has 0 aromatic carbocycles. The third-order valence-electron chi connectivity index (χ3n) is 5.76. The van der Waals surface area contributed by atoms with Crippen LogP contribution in [0.2, 0.25) is 0 Å². The van der Waals surface area contributed by atoms with Gasteiger partial charge in [-0.2, -0.15) is 0 Å². The van der Waals surface area contributed by atoms with E-state index in [9.17, 15) is 9.59 Å². The number of thiophene rings is 1. The molecule has 1 saturated heterocycles. The number of rotatable bonds is 2. The molecular formula is C19H27ClN4O2S. The average molecular weight is 411 g/mol. The van der Waals surface area contributed by atoms with Crippen molar-refractivity contribution in [1.29, 1.82) is 0 Å². The Morgan fingerprint density at radius 3 is 2.93 bits per heavy atom. The first-order valence-corrected chi connectivity index (χ1v) is 10.4. The van der Waals surface area contributed by atoms with Crippen LogP contribution in [0.4, 0.5) is 0 Å². The largest absolute Gasteiger partial charge is 0.347 e. The fourth-order valence-corrected chi connectivity index (χ4v) is 5.14. The Morgan fingerprint density at radius 1 is 1.33 bits per heavy atom. The maximum absolute atomic E-state index is 13.0. The summed E-state index contributed by atoms with van der Waals surface area (Å²) in [7, 11) is 0. The molecule has 4 heterocycles. The molecule has 0 spiro atoms. The zero-order chi connectivity index (χ0) is 18.3. The number of carbonyl (C=O) groups is 1. The third-order valence-corrected chi connectivity index (χ3v) is 6.95. The lowest BCUT2D eigenvalue weighted by atomic mass is 9.95. The fourth-order valence-electron chi connectivity index (χ4n) is 4.04. The summed E-state index contributed by atoms with van der Waals surface area (Å²) in [4.78, 5) is 32.0. The molecule has 2 aromatic heterocycles. The summed E-state index contributed by atoms with van der Waals surface area (Å²) in [5.74, 6) is 1.25. The number of nitrogens with zero attached hydrogens (tertiary/aromatic N) is 2. The van der Waals surface area contributed by atoms with Gasteiger partial charge in [-0.15, -0.1) is 23.7 Å². The predicted octanol–water partition coefficient (Wildman–Crippen LogP) is 2.64. The number of aromatic nitrogens is 2. The number of amides is 1. The second kappa shape index (κ2) is 8.29. The van der Waals surface area contributed by atoms with Crippen LogP contribution in [0, 0.1) is 12.8 Å². The van der Waals surface area contributed by atoms with Crippen molar-refractivity contribution >= 4 is 39.9 Å². The molecule has 2 atom stereocenters. The first-order valence-electron chi connectivity index (χ1n) is 9.60. The Kier molecular flexibility index (Phi) is 6.23. The Balaban J connectivity index is 0.00000210. The molecule has 1 fully saturated rings. The molecule has 148 valence electrons. The highest BCUT2D eigenvalue weighted by molar-refractivity contribution is 7.20. The van der Waals surface area contributed by atoms with Gasteiger partial charge in [0.1, 0.15) is 10.7 Å². The summed E-state index contributed by atoms with van der Waals surface area (Å²) < 4.78 is 1.82. The van der Waals surface area contributed by atoms with Crippen molar-refractivity contribution < 1.29 is 4.79 Å². The average Bonchev–Trinajstić information content (AvgIpc) is 2.80. The first kappa shape index (κ1) is 20.3. The Labute approximate surface area is 169 Å². The van der Waals surface area contributed by atoms with E-state index in [1.807, 2.05) is 11.5 Å². The van der Waals surface area contributed by atoms with Gasteiger partial charge in [0.25, 0.3) is 11.5 Å². The Hall–Kier alpha value is -1.44. The lowest BCUT2D eigenvalue weighted by Gasteiger charge is -2.30. The summed E-state index contributed by atoms with van der Waals surface area (Å²) in [6.45, 7) is 6.59. The van der Waals surface area contributed by atoms with Crippen LogP contribution >= 0.6 is 23.7 Å². The molecule has 2 aliphatic rings. The van der Waals surface area contributed by atoms with Crippen molar-refractivity contribution in [3.8, 4) is 0 Å². The molecule has 2 aromatic rings. The van der Waals surface area contributed by atoms with Crippen LogP contribution < -0.4 is 16.2 Å². The van der Waals surface area contributed by atoms with E-state index in [1.54, 1.807) is 0 Å². The molecule has 27 heavy (non-hydrogen) atoms. The Morgan fingerprint density at radius 2 is 2.15 bits per heavy atom. The fraction of sp³-hybridized carbons (Fsp3) is 0.632. The zero-order valence-corrected chi connectivity index (χ0v) is 17.5. The van der Waals surface area contributed by atoms with Crippen molar-refractivity contribution in [2.75, 3.05) is 13.1 Å². The maximum atomic E-state index is 13.0. The highest BCUT2D eigenvalue weighted by atomic mass is 35.5. The molecular weight excluding hydrogens is 384 g/mol. The smallest absolute Gasteiger partial charge is 0.262 e. The van der Waals surface area contributed by atoms with Gasteiger partial charge in [0.15, 0.2) is 0 Å². The molecule has 0 saturated carbocycles. The summed E-state index contributed by atoms with van der Waals surface area (Å²) in [6, 6.07) is 0.131. The van der Waals surface area contributed by atoms with Crippen molar-refractivity contribution in [2.24, 2.45) is 5.92 Å². The highest BCUT2D eigenvalue weighted by Gasteiger charge is 2.26. The second-order valence-corrected chi connectivity index (χ2v) is 8.58. The van der Waals surface area contributed by atoms with Gasteiger partial charge in [0.05, 0.1) is 10.3 Å². The van der Waals surface area contributed by atoms with Gasteiger partial charge >= 0.3 is 0 Å². The van der Waals surface area contributed by atoms with Crippen LogP contribution in [0.1, 0.15) is 53.7 Å². The van der Waals surface area contributed by atoms with E-state index in [0.29, 0.717) is 21.0 Å². The van der Waals surface area contributed by atoms with Crippen LogP contribution in [0.3, 0.4) is 0 Å². The quantitative estimate of drug-likeness (QED) is 0.797.